The molecule has 1 aromatic carbocycles. The van der Waals surface area contributed by atoms with Crippen LogP contribution in [0.4, 0.5) is 10.1 Å². The molecule has 1 heterocycles. The van der Waals surface area contributed by atoms with E-state index < -0.39 is 0 Å². The van der Waals surface area contributed by atoms with Crippen LogP contribution in [-0.4, -0.2) is 27.9 Å². The zero-order valence-electron chi connectivity index (χ0n) is 12.5. The second kappa shape index (κ2) is 7.17. The van der Waals surface area contributed by atoms with Crippen molar-refractivity contribution in [3.63, 3.8) is 0 Å². The Morgan fingerprint density at radius 2 is 2.00 bits per heavy atom. The summed E-state index contributed by atoms with van der Waals surface area (Å²) in [4.78, 5) is 6.48. The maximum Gasteiger partial charge on any atom is 0.146 e. The van der Waals surface area contributed by atoms with Crippen molar-refractivity contribution in [3.8, 4) is 0 Å². The third-order valence-electron chi connectivity index (χ3n) is 3.29. The zero-order chi connectivity index (χ0) is 15.2. The molecule has 6 heteroatoms. The van der Waals surface area contributed by atoms with Crippen LogP contribution in [0.25, 0.3) is 0 Å². The van der Waals surface area contributed by atoms with Crippen molar-refractivity contribution in [1.29, 1.82) is 0 Å². The molecule has 21 heavy (non-hydrogen) atoms. The SMILES string of the molecule is CC(C)n1ncnc1CN(CCCN)c1ccc(F)cc1. The molecular formula is C15H22FN5. The van der Waals surface area contributed by atoms with Gasteiger partial charge in [0.2, 0.25) is 0 Å². The van der Waals surface area contributed by atoms with E-state index in [2.05, 4.69) is 28.8 Å². The number of anilines is 1. The molecule has 0 spiro atoms. The number of nitrogens with zero attached hydrogens (tertiary/aromatic N) is 4. The van der Waals surface area contributed by atoms with Crippen LogP contribution in [0.15, 0.2) is 30.6 Å². The number of hydrogen-bond donors (Lipinski definition) is 1. The molecule has 0 fully saturated rings. The molecule has 0 bridgehead atoms. The fourth-order valence-electron chi connectivity index (χ4n) is 2.22. The quantitative estimate of drug-likeness (QED) is 0.850. The Morgan fingerprint density at radius 3 is 2.62 bits per heavy atom. The van der Waals surface area contributed by atoms with E-state index in [1.807, 2.05) is 4.68 Å². The van der Waals surface area contributed by atoms with E-state index >= 15 is 0 Å². The molecule has 5 nitrogen and oxygen atoms in total. The van der Waals surface area contributed by atoms with Gasteiger partial charge in [-0.3, -0.25) is 0 Å². The third-order valence-corrected chi connectivity index (χ3v) is 3.29. The average molecular weight is 291 g/mol. The lowest BCUT2D eigenvalue weighted by Gasteiger charge is -2.25. The summed E-state index contributed by atoms with van der Waals surface area (Å²) in [5.41, 5.74) is 6.57. The first-order valence-corrected chi connectivity index (χ1v) is 7.20. The molecule has 0 aliphatic heterocycles. The highest BCUT2D eigenvalue weighted by molar-refractivity contribution is 5.46. The van der Waals surface area contributed by atoms with E-state index in [0.29, 0.717) is 13.1 Å². The van der Waals surface area contributed by atoms with Gasteiger partial charge in [0.1, 0.15) is 18.0 Å². The molecule has 0 unspecified atom stereocenters. The molecule has 2 N–H and O–H groups in total. The van der Waals surface area contributed by atoms with Gasteiger partial charge in [-0.1, -0.05) is 0 Å². The minimum atomic E-state index is -0.233. The molecule has 0 atom stereocenters. The Kier molecular flexibility index (Phi) is 5.27. The van der Waals surface area contributed by atoms with Crippen LogP contribution in [0.5, 0.6) is 0 Å². The van der Waals surface area contributed by atoms with Crippen LogP contribution in [0.2, 0.25) is 0 Å². The summed E-state index contributed by atoms with van der Waals surface area (Å²) in [5, 5.41) is 4.25. The Bertz CT molecular complexity index is 549. The van der Waals surface area contributed by atoms with E-state index in [0.717, 1.165) is 24.5 Å². The lowest BCUT2D eigenvalue weighted by atomic mass is 10.2. The smallest absolute Gasteiger partial charge is 0.146 e. The van der Waals surface area contributed by atoms with Crippen molar-refractivity contribution in [2.45, 2.75) is 32.9 Å². The highest BCUT2D eigenvalue weighted by atomic mass is 19.1. The lowest BCUT2D eigenvalue weighted by Crippen LogP contribution is -2.27. The fraction of sp³-hybridized carbons (Fsp3) is 0.467. The predicted molar refractivity (Wildman–Crippen MR) is 81.5 cm³/mol. The van der Waals surface area contributed by atoms with Crippen LogP contribution >= 0.6 is 0 Å². The maximum absolute atomic E-state index is 13.1. The van der Waals surface area contributed by atoms with Gasteiger partial charge in [0.25, 0.3) is 0 Å². The van der Waals surface area contributed by atoms with E-state index in [9.17, 15) is 4.39 Å². The van der Waals surface area contributed by atoms with Gasteiger partial charge in [-0.15, -0.1) is 0 Å². The number of aromatic nitrogens is 3. The van der Waals surface area contributed by atoms with Crippen molar-refractivity contribution >= 4 is 5.69 Å². The summed E-state index contributed by atoms with van der Waals surface area (Å²) in [6.07, 6.45) is 2.44. The van der Waals surface area contributed by atoms with Crippen LogP contribution in [0.3, 0.4) is 0 Å². The molecule has 0 aliphatic rings. The van der Waals surface area contributed by atoms with Gasteiger partial charge in [-0.25, -0.2) is 14.1 Å². The normalized spacial score (nSPS) is 11.1. The molecular weight excluding hydrogens is 269 g/mol. The van der Waals surface area contributed by atoms with E-state index in [4.69, 9.17) is 5.73 Å². The topological polar surface area (TPSA) is 60.0 Å². The molecule has 2 aromatic rings. The maximum atomic E-state index is 13.1. The number of halogens is 1. The van der Waals surface area contributed by atoms with Crippen molar-refractivity contribution in [3.05, 3.63) is 42.2 Å². The second-order valence-corrected chi connectivity index (χ2v) is 5.25. The van der Waals surface area contributed by atoms with Crippen molar-refractivity contribution in [2.75, 3.05) is 18.0 Å². The number of benzene rings is 1. The summed E-state index contributed by atoms with van der Waals surface area (Å²) in [5.74, 6) is 0.661. The van der Waals surface area contributed by atoms with Crippen LogP contribution < -0.4 is 10.6 Å². The summed E-state index contributed by atoms with van der Waals surface area (Å²) < 4.78 is 15.0. The fourth-order valence-corrected chi connectivity index (χ4v) is 2.22. The minimum Gasteiger partial charge on any atom is -0.364 e. The summed E-state index contributed by atoms with van der Waals surface area (Å²) in [6.45, 7) is 6.19. The first-order chi connectivity index (χ1) is 10.1. The first kappa shape index (κ1) is 15.4. The summed E-state index contributed by atoms with van der Waals surface area (Å²) in [6, 6.07) is 6.76. The van der Waals surface area contributed by atoms with Crippen LogP contribution in [0, 0.1) is 5.82 Å². The number of nitrogens with two attached hydrogens (primary N) is 1. The van der Waals surface area contributed by atoms with Gasteiger partial charge in [0, 0.05) is 18.3 Å². The second-order valence-electron chi connectivity index (χ2n) is 5.25. The average Bonchev–Trinajstić information content (AvgIpc) is 2.93. The predicted octanol–water partition coefficient (Wildman–Crippen LogP) is 2.35. The molecule has 0 saturated heterocycles. The summed E-state index contributed by atoms with van der Waals surface area (Å²) >= 11 is 0. The molecule has 1 aromatic heterocycles. The van der Waals surface area contributed by atoms with Crippen molar-refractivity contribution < 1.29 is 4.39 Å². The van der Waals surface area contributed by atoms with Gasteiger partial charge in [0.05, 0.1) is 6.54 Å². The van der Waals surface area contributed by atoms with Crippen molar-refractivity contribution in [2.24, 2.45) is 5.73 Å². The molecule has 2 rings (SSSR count). The minimum absolute atomic E-state index is 0.233. The Morgan fingerprint density at radius 1 is 1.29 bits per heavy atom. The highest BCUT2D eigenvalue weighted by Gasteiger charge is 2.13. The van der Waals surface area contributed by atoms with E-state index in [1.165, 1.54) is 12.1 Å². The first-order valence-electron chi connectivity index (χ1n) is 7.20. The van der Waals surface area contributed by atoms with Gasteiger partial charge < -0.3 is 10.6 Å². The Balaban J connectivity index is 2.19. The Labute approximate surface area is 124 Å². The van der Waals surface area contributed by atoms with Gasteiger partial charge in [-0.05, 0) is 51.1 Å². The molecule has 0 amide bonds. The molecule has 114 valence electrons. The lowest BCUT2D eigenvalue weighted by molar-refractivity contribution is 0.500. The van der Waals surface area contributed by atoms with Gasteiger partial charge >= 0.3 is 0 Å². The van der Waals surface area contributed by atoms with Crippen LogP contribution in [-0.2, 0) is 6.54 Å². The zero-order valence-corrected chi connectivity index (χ0v) is 12.5. The van der Waals surface area contributed by atoms with Crippen molar-refractivity contribution in [1.82, 2.24) is 14.8 Å². The number of rotatable bonds is 7. The third kappa shape index (κ3) is 4.01. The number of hydrogen-bond acceptors (Lipinski definition) is 4. The van der Waals surface area contributed by atoms with E-state index in [-0.39, 0.29) is 11.9 Å². The standard InChI is InChI=1S/C15H22FN5/c1-12(2)21-15(18-11-19-21)10-20(9-3-8-17)14-6-4-13(16)5-7-14/h4-7,11-12H,3,8-10,17H2,1-2H3. The largest absolute Gasteiger partial charge is 0.364 e. The highest BCUT2D eigenvalue weighted by Crippen LogP contribution is 2.18. The van der Waals surface area contributed by atoms with Gasteiger partial charge in [-0.2, -0.15) is 5.10 Å². The molecule has 0 aliphatic carbocycles. The monoisotopic (exact) mass is 291 g/mol. The van der Waals surface area contributed by atoms with Crippen LogP contribution in [0.1, 0.15) is 32.1 Å². The summed E-state index contributed by atoms with van der Waals surface area (Å²) in [7, 11) is 0. The van der Waals surface area contributed by atoms with Gasteiger partial charge in [0.15, 0.2) is 0 Å². The Hall–Kier alpha value is -1.95. The molecule has 0 radical (unpaired) electrons. The van der Waals surface area contributed by atoms with E-state index in [1.54, 1.807) is 18.5 Å². The molecule has 0 saturated carbocycles.